The maximum Gasteiger partial charge on any atom is 0.328 e. The van der Waals surface area contributed by atoms with Crippen molar-refractivity contribution in [1.82, 2.24) is 5.32 Å². The maximum absolute atomic E-state index is 12.3. The first-order chi connectivity index (χ1) is 10.1. The van der Waals surface area contributed by atoms with E-state index in [-0.39, 0.29) is 11.9 Å². The van der Waals surface area contributed by atoms with Gasteiger partial charge in [0, 0.05) is 27.6 Å². The molecule has 0 radical (unpaired) electrons. The van der Waals surface area contributed by atoms with Crippen molar-refractivity contribution in [2.75, 3.05) is 6.26 Å². The molecule has 2 atom stereocenters. The number of carbonyl (C=O) groups is 2. The van der Waals surface area contributed by atoms with E-state index in [0.29, 0.717) is 10.8 Å². The van der Waals surface area contributed by atoms with Gasteiger partial charge in [-0.3, -0.25) is 4.79 Å². The Morgan fingerprint density at radius 2 is 2.19 bits per heavy atom. The van der Waals surface area contributed by atoms with E-state index in [4.69, 9.17) is 5.11 Å². The molecule has 1 fully saturated rings. The Balaban J connectivity index is 1.98. The summed E-state index contributed by atoms with van der Waals surface area (Å²) in [6.07, 6.45) is 9.27. The van der Waals surface area contributed by atoms with E-state index in [2.05, 4.69) is 11.6 Å². The number of carboxylic acid groups (broad SMARTS) is 1. The van der Waals surface area contributed by atoms with Gasteiger partial charge in [0.2, 0.25) is 0 Å². The number of hydrogen-bond acceptors (Lipinski definition) is 4. The molecule has 0 saturated heterocycles. The van der Waals surface area contributed by atoms with E-state index in [0.717, 1.165) is 30.2 Å². The summed E-state index contributed by atoms with van der Waals surface area (Å²) in [6.45, 7) is 0. The quantitative estimate of drug-likeness (QED) is 0.816. The molecule has 1 heterocycles. The van der Waals surface area contributed by atoms with Crippen LogP contribution in [0.3, 0.4) is 0 Å². The number of carboxylic acids is 1. The minimum absolute atomic E-state index is 0.0628. The van der Waals surface area contributed by atoms with E-state index in [1.54, 1.807) is 11.4 Å². The first-order valence-corrected chi connectivity index (χ1v) is 9.10. The number of nitrogens with one attached hydrogen (secondary N) is 1. The molecule has 1 aromatic rings. The molecule has 2 rings (SSSR count). The van der Waals surface area contributed by atoms with Crippen LogP contribution in [0.1, 0.15) is 40.9 Å². The SMILES string of the molecule is CSC1CCCCC1NC(=O)c1csc(/C=C/C(=O)O)c1. The molecule has 1 amide bonds. The number of rotatable bonds is 5. The van der Waals surface area contributed by atoms with Gasteiger partial charge in [-0.2, -0.15) is 11.8 Å². The van der Waals surface area contributed by atoms with Gasteiger partial charge in [-0.05, 0) is 31.2 Å². The van der Waals surface area contributed by atoms with E-state index in [1.807, 2.05) is 11.8 Å². The number of thiophene rings is 1. The third-order valence-electron chi connectivity index (χ3n) is 3.59. The van der Waals surface area contributed by atoms with E-state index >= 15 is 0 Å². The zero-order chi connectivity index (χ0) is 15.2. The lowest BCUT2D eigenvalue weighted by atomic mass is 9.94. The number of aliphatic carboxylic acids is 1. The summed E-state index contributed by atoms with van der Waals surface area (Å²) < 4.78 is 0. The predicted octanol–water partition coefficient (Wildman–Crippen LogP) is 3.25. The van der Waals surface area contributed by atoms with Crippen molar-refractivity contribution < 1.29 is 14.7 Å². The molecule has 0 aliphatic heterocycles. The van der Waals surface area contributed by atoms with Crippen molar-refractivity contribution in [2.24, 2.45) is 0 Å². The lowest BCUT2D eigenvalue weighted by Crippen LogP contribution is -2.43. The van der Waals surface area contributed by atoms with Gasteiger partial charge in [-0.1, -0.05) is 12.8 Å². The standard InChI is InChI=1S/C15H19NO3S2/c1-20-13-5-3-2-4-12(13)16-15(19)10-8-11(21-9-10)6-7-14(17)18/h6-9,12-13H,2-5H2,1H3,(H,16,19)(H,17,18)/b7-6+. The fourth-order valence-corrected chi connectivity index (χ4v) is 4.22. The Kier molecular flexibility index (Phi) is 5.87. The first-order valence-electron chi connectivity index (χ1n) is 6.93. The molecule has 4 nitrogen and oxygen atoms in total. The summed E-state index contributed by atoms with van der Waals surface area (Å²) in [5.41, 5.74) is 0.607. The van der Waals surface area contributed by atoms with Crippen LogP contribution >= 0.6 is 23.1 Å². The van der Waals surface area contributed by atoms with Crippen LogP contribution in [0.15, 0.2) is 17.5 Å². The molecule has 1 aromatic heterocycles. The van der Waals surface area contributed by atoms with Gasteiger partial charge in [0.1, 0.15) is 0 Å². The van der Waals surface area contributed by atoms with Crippen LogP contribution in [-0.2, 0) is 4.79 Å². The third kappa shape index (κ3) is 4.61. The van der Waals surface area contributed by atoms with Crippen LogP contribution in [0.4, 0.5) is 0 Å². The fraction of sp³-hybridized carbons (Fsp3) is 0.467. The molecule has 2 unspecified atom stereocenters. The van der Waals surface area contributed by atoms with Crippen molar-refractivity contribution in [1.29, 1.82) is 0 Å². The molecule has 6 heteroatoms. The van der Waals surface area contributed by atoms with E-state index in [1.165, 1.54) is 23.8 Å². The molecule has 114 valence electrons. The summed E-state index contributed by atoms with van der Waals surface area (Å²) in [4.78, 5) is 23.5. The van der Waals surface area contributed by atoms with Gasteiger partial charge < -0.3 is 10.4 Å². The van der Waals surface area contributed by atoms with Gasteiger partial charge in [-0.15, -0.1) is 11.3 Å². The zero-order valence-electron chi connectivity index (χ0n) is 11.9. The van der Waals surface area contributed by atoms with Crippen molar-refractivity contribution in [3.63, 3.8) is 0 Å². The van der Waals surface area contributed by atoms with E-state index in [9.17, 15) is 9.59 Å². The second kappa shape index (κ2) is 7.66. The molecule has 1 saturated carbocycles. The zero-order valence-corrected chi connectivity index (χ0v) is 13.5. The minimum atomic E-state index is -0.987. The molecule has 0 bridgehead atoms. The van der Waals surface area contributed by atoms with Crippen molar-refractivity contribution in [3.8, 4) is 0 Å². The van der Waals surface area contributed by atoms with Gasteiger partial charge >= 0.3 is 5.97 Å². The van der Waals surface area contributed by atoms with Crippen LogP contribution in [0.2, 0.25) is 0 Å². The summed E-state index contributed by atoms with van der Waals surface area (Å²) >= 11 is 3.19. The van der Waals surface area contributed by atoms with Crippen molar-refractivity contribution in [3.05, 3.63) is 28.0 Å². The summed E-state index contributed by atoms with van der Waals surface area (Å²) in [7, 11) is 0. The summed E-state index contributed by atoms with van der Waals surface area (Å²) in [6, 6.07) is 1.97. The minimum Gasteiger partial charge on any atom is -0.478 e. The van der Waals surface area contributed by atoms with Gasteiger partial charge in [0.15, 0.2) is 0 Å². The Hall–Kier alpha value is -1.27. The number of amides is 1. The summed E-state index contributed by atoms with van der Waals surface area (Å²) in [5, 5.41) is 14.0. The highest BCUT2D eigenvalue weighted by atomic mass is 32.2. The maximum atomic E-state index is 12.3. The Bertz CT molecular complexity index is 539. The number of hydrogen-bond donors (Lipinski definition) is 2. The van der Waals surface area contributed by atoms with Crippen LogP contribution in [0, 0.1) is 0 Å². The monoisotopic (exact) mass is 325 g/mol. The third-order valence-corrected chi connectivity index (χ3v) is 5.66. The van der Waals surface area contributed by atoms with Crippen LogP contribution in [0.25, 0.3) is 6.08 Å². The number of carbonyl (C=O) groups excluding carboxylic acids is 1. The fourth-order valence-electron chi connectivity index (χ4n) is 2.51. The Labute approximate surface area is 132 Å². The van der Waals surface area contributed by atoms with Crippen molar-refractivity contribution in [2.45, 2.75) is 37.0 Å². The van der Waals surface area contributed by atoms with Crippen LogP contribution in [-0.4, -0.2) is 34.5 Å². The molecule has 1 aliphatic carbocycles. The average Bonchev–Trinajstić information content (AvgIpc) is 2.94. The Morgan fingerprint density at radius 1 is 1.43 bits per heavy atom. The lowest BCUT2D eigenvalue weighted by molar-refractivity contribution is -0.131. The molecule has 2 N–H and O–H groups in total. The lowest BCUT2D eigenvalue weighted by Gasteiger charge is -2.30. The number of thioether (sulfide) groups is 1. The second-order valence-corrected chi connectivity index (χ2v) is 7.07. The van der Waals surface area contributed by atoms with Gasteiger partial charge in [-0.25, -0.2) is 4.79 Å². The van der Waals surface area contributed by atoms with Crippen molar-refractivity contribution >= 4 is 41.1 Å². The topological polar surface area (TPSA) is 66.4 Å². The highest BCUT2D eigenvalue weighted by molar-refractivity contribution is 7.99. The van der Waals surface area contributed by atoms with Gasteiger partial charge in [0.05, 0.1) is 5.56 Å². The summed E-state index contributed by atoms with van der Waals surface area (Å²) in [5.74, 6) is -1.05. The largest absolute Gasteiger partial charge is 0.478 e. The average molecular weight is 325 g/mol. The molecule has 21 heavy (non-hydrogen) atoms. The Morgan fingerprint density at radius 3 is 2.90 bits per heavy atom. The molecular weight excluding hydrogens is 306 g/mol. The van der Waals surface area contributed by atoms with Gasteiger partial charge in [0.25, 0.3) is 5.91 Å². The first kappa shape index (κ1) is 16.1. The van der Waals surface area contributed by atoms with Crippen LogP contribution in [0.5, 0.6) is 0 Å². The van der Waals surface area contributed by atoms with Crippen LogP contribution < -0.4 is 5.32 Å². The second-order valence-electron chi connectivity index (χ2n) is 5.05. The predicted molar refractivity (Wildman–Crippen MR) is 88.0 cm³/mol. The molecule has 0 spiro atoms. The molecular formula is C15H19NO3S2. The highest BCUT2D eigenvalue weighted by Gasteiger charge is 2.26. The highest BCUT2D eigenvalue weighted by Crippen LogP contribution is 2.27. The normalized spacial score (nSPS) is 22.3. The van der Waals surface area contributed by atoms with E-state index < -0.39 is 5.97 Å². The smallest absolute Gasteiger partial charge is 0.328 e. The molecule has 1 aliphatic rings. The molecule has 0 aromatic carbocycles.